The van der Waals surface area contributed by atoms with E-state index in [1.807, 2.05) is 0 Å². The number of hydrogen-bond acceptors (Lipinski definition) is 5. The van der Waals surface area contributed by atoms with E-state index in [4.69, 9.17) is 9.47 Å². The van der Waals surface area contributed by atoms with Gasteiger partial charge in [-0.3, -0.25) is 15.6 Å². The van der Waals surface area contributed by atoms with E-state index in [9.17, 15) is 9.18 Å². The average molecular weight is 345 g/mol. The molecule has 0 saturated heterocycles. The molecule has 0 heterocycles. The lowest BCUT2D eigenvalue weighted by atomic mass is 10.1. The maximum Gasteiger partial charge on any atom is 0.257 e. The van der Waals surface area contributed by atoms with Crippen molar-refractivity contribution in [2.75, 3.05) is 26.1 Å². The quantitative estimate of drug-likeness (QED) is 0.642. The van der Waals surface area contributed by atoms with Gasteiger partial charge in [0.25, 0.3) is 5.91 Å². The largest absolute Gasteiger partial charge is 0.493 e. The zero-order valence-electron chi connectivity index (χ0n) is 14.1. The highest BCUT2D eigenvalue weighted by Crippen LogP contribution is 2.29. The predicted octanol–water partition coefficient (Wildman–Crippen LogP) is 2.55. The van der Waals surface area contributed by atoms with Gasteiger partial charge in [-0.1, -0.05) is 6.58 Å². The lowest BCUT2D eigenvalue weighted by Gasteiger charge is -2.14. The van der Waals surface area contributed by atoms with Crippen LogP contribution in [0.2, 0.25) is 0 Å². The second kappa shape index (κ2) is 8.58. The lowest BCUT2D eigenvalue weighted by Crippen LogP contribution is -2.39. The first-order chi connectivity index (χ1) is 12.0. The van der Waals surface area contributed by atoms with E-state index in [0.717, 1.165) is 5.56 Å². The number of halogens is 1. The summed E-state index contributed by atoms with van der Waals surface area (Å²) in [6.07, 6.45) is 0. The molecule has 132 valence electrons. The van der Waals surface area contributed by atoms with Crippen molar-refractivity contribution < 1.29 is 18.7 Å². The van der Waals surface area contributed by atoms with Gasteiger partial charge in [0.15, 0.2) is 11.5 Å². The number of methoxy groups -OCH3 is 2. The van der Waals surface area contributed by atoms with E-state index >= 15 is 0 Å². The Morgan fingerprint density at radius 1 is 1.04 bits per heavy atom. The van der Waals surface area contributed by atoms with Crippen molar-refractivity contribution in [3.8, 4) is 11.5 Å². The molecule has 0 atom stereocenters. The van der Waals surface area contributed by atoms with E-state index in [1.54, 1.807) is 44.6 Å². The molecular weight excluding hydrogens is 325 g/mol. The Morgan fingerprint density at radius 2 is 1.72 bits per heavy atom. The van der Waals surface area contributed by atoms with Gasteiger partial charge in [0.2, 0.25) is 0 Å². The summed E-state index contributed by atoms with van der Waals surface area (Å²) >= 11 is 0. The van der Waals surface area contributed by atoms with Gasteiger partial charge < -0.3 is 14.8 Å². The van der Waals surface area contributed by atoms with E-state index in [-0.39, 0.29) is 18.3 Å². The van der Waals surface area contributed by atoms with Crippen LogP contribution in [0.15, 0.2) is 49.0 Å². The highest BCUT2D eigenvalue weighted by molar-refractivity contribution is 5.81. The number of carbonyl (C=O) groups is 1. The number of anilines is 1. The number of hydrazine groups is 1. The second-order valence-electron chi connectivity index (χ2n) is 5.08. The van der Waals surface area contributed by atoms with Gasteiger partial charge in [0, 0.05) is 11.3 Å². The molecule has 0 aliphatic heterocycles. The number of benzene rings is 2. The summed E-state index contributed by atoms with van der Waals surface area (Å²) in [4.78, 5) is 11.8. The van der Waals surface area contributed by atoms with Crippen molar-refractivity contribution in [2.24, 2.45) is 0 Å². The van der Waals surface area contributed by atoms with Crippen LogP contribution < -0.4 is 25.6 Å². The molecule has 6 nitrogen and oxygen atoms in total. The number of ether oxygens (including phenoxy) is 2. The van der Waals surface area contributed by atoms with Gasteiger partial charge in [0.1, 0.15) is 5.82 Å². The van der Waals surface area contributed by atoms with Gasteiger partial charge in [-0.05, 0) is 42.5 Å². The Kier molecular flexibility index (Phi) is 6.22. The summed E-state index contributed by atoms with van der Waals surface area (Å²) in [5, 5.41) is 2.88. The molecule has 7 heteroatoms. The van der Waals surface area contributed by atoms with E-state index < -0.39 is 0 Å². The molecule has 0 saturated carbocycles. The summed E-state index contributed by atoms with van der Waals surface area (Å²) in [6.45, 7) is 3.90. The molecule has 0 unspecified atom stereocenters. The molecule has 2 aromatic rings. The molecule has 0 radical (unpaired) electrons. The fourth-order valence-corrected chi connectivity index (χ4v) is 2.04. The van der Waals surface area contributed by atoms with Crippen molar-refractivity contribution in [2.45, 2.75) is 0 Å². The van der Waals surface area contributed by atoms with Gasteiger partial charge >= 0.3 is 0 Å². The Labute approximate surface area is 145 Å². The first-order valence-corrected chi connectivity index (χ1v) is 7.49. The van der Waals surface area contributed by atoms with Gasteiger partial charge in [-0.2, -0.15) is 0 Å². The number of nitrogens with one attached hydrogen (secondary N) is 3. The second-order valence-corrected chi connectivity index (χ2v) is 5.08. The van der Waals surface area contributed by atoms with Crippen LogP contribution in [0.25, 0.3) is 5.70 Å². The Bertz CT molecular complexity index is 748. The first kappa shape index (κ1) is 18.1. The summed E-state index contributed by atoms with van der Waals surface area (Å²) in [5.41, 5.74) is 7.16. The van der Waals surface area contributed by atoms with Crippen LogP contribution >= 0.6 is 0 Å². The van der Waals surface area contributed by atoms with Gasteiger partial charge in [-0.25, -0.2) is 4.39 Å². The lowest BCUT2D eigenvalue weighted by molar-refractivity contribution is -0.120. The van der Waals surface area contributed by atoms with Crippen LogP contribution in [-0.2, 0) is 4.79 Å². The number of hydrogen-bond donors (Lipinski definition) is 3. The average Bonchev–Trinajstić information content (AvgIpc) is 2.64. The van der Waals surface area contributed by atoms with E-state index in [0.29, 0.717) is 22.9 Å². The van der Waals surface area contributed by atoms with E-state index in [1.165, 1.54) is 12.1 Å². The number of carbonyl (C=O) groups excluding carboxylic acids is 1. The molecule has 0 spiro atoms. The molecular formula is C18H20FN3O3. The predicted molar refractivity (Wildman–Crippen MR) is 94.7 cm³/mol. The maximum atomic E-state index is 12.8. The molecule has 1 amide bonds. The maximum absolute atomic E-state index is 12.8. The molecule has 25 heavy (non-hydrogen) atoms. The molecule has 2 rings (SSSR count). The minimum Gasteiger partial charge on any atom is -0.493 e. The summed E-state index contributed by atoms with van der Waals surface area (Å²) in [5.74, 6) is 0.535. The van der Waals surface area contributed by atoms with Crippen molar-refractivity contribution in [3.05, 3.63) is 60.4 Å². The van der Waals surface area contributed by atoms with Crippen molar-refractivity contribution in [1.29, 1.82) is 0 Å². The topological polar surface area (TPSA) is 71.6 Å². The molecule has 0 aliphatic rings. The van der Waals surface area contributed by atoms with E-state index in [2.05, 4.69) is 22.7 Å². The zero-order valence-corrected chi connectivity index (χ0v) is 14.1. The van der Waals surface area contributed by atoms with Gasteiger partial charge in [-0.15, -0.1) is 0 Å². The summed E-state index contributed by atoms with van der Waals surface area (Å²) in [7, 11) is 3.10. The third-order valence-electron chi connectivity index (χ3n) is 3.38. The zero-order chi connectivity index (χ0) is 18.2. The molecule has 2 aromatic carbocycles. The SMILES string of the molecule is C=C(NNC(=O)CNc1ccc(F)cc1)c1ccc(OC)c(OC)c1. The molecule has 0 fully saturated rings. The van der Waals surface area contributed by atoms with Crippen LogP contribution in [0.5, 0.6) is 11.5 Å². The van der Waals surface area contributed by atoms with Crippen molar-refractivity contribution in [1.82, 2.24) is 10.9 Å². The molecule has 0 aliphatic carbocycles. The normalized spacial score (nSPS) is 9.88. The fraction of sp³-hybridized carbons (Fsp3) is 0.167. The minimum absolute atomic E-state index is 0.0256. The van der Waals surface area contributed by atoms with Gasteiger partial charge in [0.05, 0.1) is 26.5 Å². The fourth-order valence-electron chi connectivity index (χ4n) is 2.04. The third kappa shape index (κ3) is 5.13. The van der Waals surface area contributed by atoms with Crippen LogP contribution in [0, 0.1) is 5.82 Å². The van der Waals surface area contributed by atoms with Crippen LogP contribution in [0.1, 0.15) is 5.56 Å². The van der Waals surface area contributed by atoms with Crippen LogP contribution in [0.4, 0.5) is 10.1 Å². The number of amides is 1. The smallest absolute Gasteiger partial charge is 0.257 e. The summed E-state index contributed by atoms with van der Waals surface area (Å²) < 4.78 is 23.2. The minimum atomic E-state index is -0.331. The molecule has 0 bridgehead atoms. The first-order valence-electron chi connectivity index (χ1n) is 7.49. The van der Waals surface area contributed by atoms with Crippen LogP contribution in [-0.4, -0.2) is 26.7 Å². The standard InChI is InChI=1S/C18H20FN3O3/c1-12(13-4-9-16(24-2)17(10-13)25-3)21-22-18(23)11-20-15-7-5-14(19)6-8-15/h4-10,20-21H,1,11H2,2-3H3,(H,22,23). The Hall–Kier alpha value is -3.22. The Balaban J connectivity index is 1.84. The highest BCUT2D eigenvalue weighted by Gasteiger charge is 2.08. The van der Waals surface area contributed by atoms with Crippen molar-refractivity contribution in [3.63, 3.8) is 0 Å². The Morgan fingerprint density at radius 3 is 2.36 bits per heavy atom. The highest BCUT2D eigenvalue weighted by atomic mass is 19.1. The monoisotopic (exact) mass is 345 g/mol. The third-order valence-corrected chi connectivity index (χ3v) is 3.38. The molecule has 0 aromatic heterocycles. The summed E-state index contributed by atoms with van der Waals surface area (Å²) in [6, 6.07) is 11.0. The number of rotatable bonds is 8. The van der Waals surface area contributed by atoms with Crippen molar-refractivity contribution >= 4 is 17.3 Å². The molecule has 3 N–H and O–H groups in total. The van der Waals surface area contributed by atoms with Crippen LogP contribution in [0.3, 0.4) is 0 Å².